The van der Waals surface area contributed by atoms with Gasteiger partial charge in [0.1, 0.15) is 16.7 Å². The largest absolute Gasteiger partial charge is 0.497 e. The highest BCUT2D eigenvalue weighted by molar-refractivity contribution is 7.92. The summed E-state index contributed by atoms with van der Waals surface area (Å²) in [6.45, 7) is 0. The summed E-state index contributed by atoms with van der Waals surface area (Å²) in [6.07, 6.45) is 1.46. The van der Waals surface area contributed by atoms with Gasteiger partial charge in [0.15, 0.2) is 11.6 Å². The Labute approximate surface area is 240 Å². The quantitative estimate of drug-likeness (QED) is 0.190. The van der Waals surface area contributed by atoms with Crippen molar-refractivity contribution in [3.8, 4) is 11.5 Å². The highest BCUT2D eigenvalue weighted by atomic mass is 35.5. The van der Waals surface area contributed by atoms with Gasteiger partial charge in [-0.25, -0.2) is 23.4 Å². The van der Waals surface area contributed by atoms with E-state index in [1.54, 1.807) is 54.6 Å². The van der Waals surface area contributed by atoms with Gasteiger partial charge in [0, 0.05) is 35.8 Å². The van der Waals surface area contributed by atoms with Crippen molar-refractivity contribution in [3.05, 3.63) is 95.8 Å². The van der Waals surface area contributed by atoms with Crippen LogP contribution in [0.1, 0.15) is 10.4 Å². The molecule has 0 aliphatic rings. The number of nitrogens with one attached hydrogen (secondary N) is 3. The van der Waals surface area contributed by atoms with Crippen molar-refractivity contribution in [2.24, 2.45) is 0 Å². The minimum Gasteiger partial charge on any atom is -0.497 e. The van der Waals surface area contributed by atoms with Crippen LogP contribution in [0.5, 0.6) is 11.5 Å². The summed E-state index contributed by atoms with van der Waals surface area (Å²) in [5.41, 5.74) is 1.95. The first-order valence-electron chi connectivity index (χ1n) is 12.1. The number of halogens is 1. The Balaban J connectivity index is 1.48. The molecule has 5 aromatic rings. The van der Waals surface area contributed by atoms with E-state index in [0.29, 0.717) is 28.2 Å². The van der Waals surface area contributed by atoms with E-state index in [-0.39, 0.29) is 32.9 Å². The lowest BCUT2D eigenvalue weighted by Gasteiger charge is -2.15. The van der Waals surface area contributed by atoms with Crippen molar-refractivity contribution in [3.63, 3.8) is 0 Å². The van der Waals surface area contributed by atoms with Crippen LogP contribution in [0, 0.1) is 0 Å². The van der Waals surface area contributed by atoms with Crippen LogP contribution in [0.15, 0.2) is 90.0 Å². The maximum Gasteiger partial charge on any atom is 0.263 e. The molecule has 0 fully saturated rings. The van der Waals surface area contributed by atoms with Crippen molar-refractivity contribution >= 4 is 61.6 Å². The average molecular weight is 591 g/mol. The molecule has 5 rings (SSSR count). The number of fused-ring (bicyclic) bond motifs is 1. The van der Waals surface area contributed by atoms with Gasteiger partial charge in [-0.05, 0) is 42.5 Å². The summed E-state index contributed by atoms with van der Waals surface area (Å²) < 4.78 is 40.2. The number of hydrogen-bond acceptors (Lipinski definition) is 9. The number of rotatable bonds is 9. The van der Waals surface area contributed by atoms with Gasteiger partial charge in [0.25, 0.3) is 15.9 Å². The predicted octanol–water partition coefficient (Wildman–Crippen LogP) is 5.49. The Hall–Kier alpha value is -4.94. The van der Waals surface area contributed by atoms with E-state index >= 15 is 0 Å². The molecule has 0 aliphatic carbocycles. The van der Waals surface area contributed by atoms with E-state index in [1.165, 1.54) is 44.7 Å². The van der Waals surface area contributed by atoms with Crippen LogP contribution < -0.4 is 24.8 Å². The number of sulfonamides is 1. The number of amides is 1. The van der Waals surface area contributed by atoms with Crippen LogP contribution >= 0.6 is 11.6 Å². The molecule has 0 spiro atoms. The summed E-state index contributed by atoms with van der Waals surface area (Å²) in [5, 5.41) is 5.79. The van der Waals surface area contributed by atoms with E-state index in [0.717, 1.165) is 0 Å². The van der Waals surface area contributed by atoms with E-state index in [1.807, 2.05) is 0 Å². The third-order valence-corrected chi connectivity index (χ3v) is 7.46. The molecule has 2 aromatic heterocycles. The molecule has 11 nitrogen and oxygen atoms in total. The Morgan fingerprint density at radius 3 is 2.15 bits per heavy atom. The van der Waals surface area contributed by atoms with Gasteiger partial charge in [-0.2, -0.15) is 0 Å². The van der Waals surface area contributed by atoms with Gasteiger partial charge in [0.2, 0.25) is 0 Å². The van der Waals surface area contributed by atoms with Crippen LogP contribution in [0.25, 0.3) is 11.0 Å². The molecule has 13 heteroatoms. The van der Waals surface area contributed by atoms with Crippen LogP contribution in [0.2, 0.25) is 5.15 Å². The molecular formula is C28H23ClN6O5S. The molecule has 0 saturated carbocycles. The topological polar surface area (TPSA) is 144 Å². The summed E-state index contributed by atoms with van der Waals surface area (Å²) >= 11 is 6.02. The fourth-order valence-corrected chi connectivity index (χ4v) is 5.12. The SMILES string of the molecule is COc1cc(Nc2nc3ccccc3nc2NS(=O)(=O)c2cccc(NC(=O)c3cccnc3Cl)c2)cc(OC)c1. The maximum absolute atomic E-state index is 13.5. The number of anilines is 4. The van der Waals surface area contributed by atoms with E-state index in [9.17, 15) is 13.2 Å². The van der Waals surface area contributed by atoms with E-state index < -0.39 is 15.9 Å². The molecule has 41 heavy (non-hydrogen) atoms. The molecule has 0 atom stereocenters. The normalized spacial score (nSPS) is 11.1. The minimum absolute atomic E-state index is 0.0269. The second kappa shape index (κ2) is 11.7. The molecular weight excluding hydrogens is 568 g/mol. The predicted molar refractivity (Wildman–Crippen MR) is 157 cm³/mol. The van der Waals surface area contributed by atoms with Crippen molar-refractivity contribution in [2.45, 2.75) is 4.90 Å². The third kappa shape index (κ3) is 6.29. The minimum atomic E-state index is -4.19. The number of benzene rings is 3. The van der Waals surface area contributed by atoms with E-state index in [4.69, 9.17) is 21.1 Å². The van der Waals surface area contributed by atoms with E-state index in [2.05, 4.69) is 30.3 Å². The molecule has 0 aliphatic heterocycles. The average Bonchev–Trinajstić information content (AvgIpc) is 2.97. The second-order valence-electron chi connectivity index (χ2n) is 8.57. The van der Waals surface area contributed by atoms with Gasteiger partial charge in [-0.15, -0.1) is 0 Å². The molecule has 0 unspecified atom stereocenters. The Morgan fingerprint density at radius 1 is 0.805 bits per heavy atom. The van der Waals surface area contributed by atoms with Gasteiger partial charge in [0.05, 0.1) is 35.7 Å². The first-order chi connectivity index (χ1) is 19.8. The van der Waals surface area contributed by atoms with Gasteiger partial charge in [-0.1, -0.05) is 29.8 Å². The fraction of sp³-hybridized carbons (Fsp3) is 0.0714. The molecule has 0 saturated heterocycles. The monoisotopic (exact) mass is 590 g/mol. The molecule has 208 valence electrons. The fourth-order valence-electron chi connectivity index (χ4n) is 3.86. The number of carbonyl (C=O) groups excluding carboxylic acids is 1. The first-order valence-corrected chi connectivity index (χ1v) is 13.9. The zero-order valence-electron chi connectivity index (χ0n) is 21.8. The molecule has 1 amide bonds. The van der Waals surface area contributed by atoms with Crippen LogP contribution in [0.3, 0.4) is 0 Å². The van der Waals surface area contributed by atoms with Crippen LogP contribution in [-0.4, -0.2) is 43.5 Å². The second-order valence-corrected chi connectivity index (χ2v) is 10.6. The van der Waals surface area contributed by atoms with Crippen molar-refractivity contribution in [1.29, 1.82) is 0 Å². The zero-order valence-corrected chi connectivity index (χ0v) is 23.3. The maximum atomic E-state index is 13.5. The Morgan fingerprint density at radius 2 is 1.49 bits per heavy atom. The Kier molecular flexibility index (Phi) is 7.86. The standard InChI is InChI=1S/C28H23ClN6O5S/c1-39-19-13-18(14-20(16-19)40-2)31-26-27(34-24-11-4-3-10-23(24)33-26)35-41(37,38)21-8-5-7-17(15-21)32-28(36)22-9-6-12-30-25(22)29/h3-16H,1-2H3,(H,31,33)(H,32,36)(H,34,35). The van der Waals surface area contributed by atoms with Gasteiger partial charge in [-0.3, -0.25) is 9.52 Å². The van der Waals surface area contributed by atoms with Crippen LogP contribution in [-0.2, 0) is 10.0 Å². The lowest BCUT2D eigenvalue weighted by molar-refractivity contribution is 0.102. The molecule has 2 heterocycles. The molecule has 0 radical (unpaired) electrons. The summed E-state index contributed by atoms with van der Waals surface area (Å²) in [6, 6.07) is 21.0. The smallest absolute Gasteiger partial charge is 0.263 e. The van der Waals surface area contributed by atoms with Crippen molar-refractivity contribution in [1.82, 2.24) is 15.0 Å². The van der Waals surface area contributed by atoms with Crippen molar-refractivity contribution in [2.75, 3.05) is 29.6 Å². The highest BCUT2D eigenvalue weighted by Gasteiger charge is 2.21. The number of pyridine rings is 1. The molecule has 3 N–H and O–H groups in total. The molecule has 3 aromatic carbocycles. The number of aromatic nitrogens is 3. The summed E-state index contributed by atoms with van der Waals surface area (Å²) in [4.78, 5) is 25.6. The van der Waals surface area contributed by atoms with Crippen molar-refractivity contribution < 1.29 is 22.7 Å². The lowest BCUT2D eigenvalue weighted by Crippen LogP contribution is -2.17. The summed E-state index contributed by atoms with van der Waals surface area (Å²) in [7, 11) is -1.14. The number of methoxy groups -OCH3 is 2. The summed E-state index contributed by atoms with van der Waals surface area (Å²) in [5.74, 6) is 0.620. The lowest BCUT2D eigenvalue weighted by atomic mass is 10.2. The highest BCUT2D eigenvalue weighted by Crippen LogP contribution is 2.31. The number of ether oxygens (including phenoxy) is 2. The third-order valence-electron chi connectivity index (χ3n) is 5.82. The van der Waals surface area contributed by atoms with Crippen LogP contribution in [0.4, 0.5) is 23.0 Å². The first kappa shape index (κ1) is 27.6. The number of hydrogen-bond donors (Lipinski definition) is 3. The number of para-hydroxylation sites is 2. The van der Waals surface area contributed by atoms with Gasteiger partial charge >= 0.3 is 0 Å². The number of nitrogens with zero attached hydrogens (tertiary/aromatic N) is 3. The van der Waals surface area contributed by atoms with Gasteiger partial charge < -0.3 is 20.1 Å². The zero-order chi connectivity index (χ0) is 29.0. The number of carbonyl (C=O) groups is 1. The Bertz CT molecular complexity index is 1850. The molecule has 0 bridgehead atoms.